The summed E-state index contributed by atoms with van der Waals surface area (Å²) in [5.41, 5.74) is 1.75. The lowest BCUT2D eigenvalue weighted by molar-refractivity contribution is -0.289. The average molecular weight is 335 g/mol. The van der Waals surface area contributed by atoms with E-state index in [9.17, 15) is 22.0 Å². The van der Waals surface area contributed by atoms with Gasteiger partial charge in [-0.25, -0.2) is 4.98 Å². The van der Waals surface area contributed by atoms with Crippen LogP contribution in [0.4, 0.5) is 27.1 Å². The number of benzene rings is 1. The Labute approximate surface area is 126 Å². The first-order chi connectivity index (χ1) is 10.2. The normalized spacial score (nSPS) is 12.8. The predicted octanol–water partition coefficient (Wildman–Crippen LogP) is 4.55. The monoisotopic (exact) mass is 335 g/mol. The van der Waals surface area contributed by atoms with Crippen LogP contribution >= 0.6 is 11.3 Å². The van der Waals surface area contributed by atoms with Crippen LogP contribution in [-0.2, 0) is 5.92 Å². The quantitative estimate of drug-likeness (QED) is 0.505. The van der Waals surface area contributed by atoms with Crippen LogP contribution in [0.5, 0.6) is 0 Å². The molecule has 0 unspecified atom stereocenters. The fourth-order valence-electron chi connectivity index (χ4n) is 1.61. The van der Waals surface area contributed by atoms with Crippen molar-refractivity contribution in [2.45, 2.75) is 19.0 Å². The van der Waals surface area contributed by atoms with Crippen LogP contribution in [-0.4, -0.2) is 17.4 Å². The Bertz CT molecular complexity index is 678. The predicted molar refractivity (Wildman–Crippen MR) is 74.5 cm³/mol. The van der Waals surface area contributed by atoms with Gasteiger partial charge in [-0.2, -0.15) is 27.1 Å². The van der Waals surface area contributed by atoms with Gasteiger partial charge in [-0.15, -0.1) is 11.3 Å². The molecule has 2 rings (SSSR count). The molecule has 118 valence electrons. The van der Waals surface area contributed by atoms with Gasteiger partial charge in [0.05, 0.1) is 11.9 Å². The highest BCUT2D eigenvalue weighted by molar-refractivity contribution is 7.13. The van der Waals surface area contributed by atoms with E-state index in [2.05, 4.69) is 15.5 Å². The molecule has 0 fully saturated rings. The number of hydrogen-bond acceptors (Lipinski definition) is 4. The fourth-order valence-corrected chi connectivity index (χ4v) is 2.25. The number of nitrogens with one attached hydrogen (secondary N) is 1. The van der Waals surface area contributed by atoms with E-state index in [0.717, 1.165) is 30.1 Å². The van der Waals surface area contributed by atoms with Gasteiger partial charge in [0, 0.05) is 16.5 Å². The van der Waals surface area contributed by atoms with Gasteiger partial charge in [0.1, 0.15) is 0 Å². The molecule has 0 aliphatic carbocycles. The second-order valence-corrected chi connectivity index (χ2v) is 5.18. The molecule has 0 amide bonds. The van der Waals surface area contributed by atoms with Crippen molar-refractivity contribution < 1.29 is 22.0 Å². The van der Waals surface area contributed by atoms with Gasteiger partial charge in [0.15, 0.2) is 0 Å². The molecule has 2 aromatic rings. The lowest BCUT2D eigenvalue weighted by atomic mass is 10.0. The Morgan fingerprint density at radius 1 is 1.18 bits per heavy atom. The third kappa shape index (κ3) is 3.41. The highest BCUT2D eigenvalue weighted by atomic mass is 32.1. The van der Waals surface area contributed by atoms with E-state index < -0.39 is 17.7 Å². The molecule has 3 nitrogen and oxygen atoms in total. The van der Waals surface area contributed by atoms with Crippen molar-refractivity contribution in [1.29, 1.82) is 0 Å². The number of aromatic nitrogens is 1. The average Bonchev–Trinajstić information content (AvgIpc) is 2.83. The molecular formula is C13H10F5N3S. The number of hydrogen-bond donors (Lipinski definition) is 1. The van der Waals surface area contributed by atoms with Gasteiger partial charge in [0.25, 0.3) is 0 Å². The topological polar surface area (TPSA) is 37.3 Å². The van der Waals surface area contributed by atoms with E-state index in [1.165, 1.54) is 17.4 Å². The molecule has 1 heterocycles. The SMILES string of the molecule is Cc1csc(NN=Cc2ccccc2C(F)(F)C(F)(F)F)n1. The molecule has 1 aromatic carbocycles. The molecular weight excluding hydrogens is 325 g/mol. The Morgan fingerprint density at radius 2 is 1.86 bits per heavy atom. The summed E-state index contributed by atoms with van der Waals surface area (Å²) in [6.07, 6.45) is -4.76. The summed E-state index contributed by atoms with van der Waals surface area (Å²) < 4.78 is 64.3. The lowest BCUT2D eigenvalue weighted by Crippen LogP contribution is -2.34. The van der Waals surface area contributed by atoms with Crippen molar-refractivity contribution in [2.24, 2.45) is 5.10 Å². The maximum absolute atomic E-state index is 13.5. The van der Waals surface area contributed by atoms with E-state index in [4.69, 9.17) is 0 Å². The summed E-state index contributed by atoms with van der Waals surface area (Å²) in [6, 6.07) is 4.32. The highest BCUT2D eigenvalue weighted by Crippen LogP contribution is 2.44. The largest absolute Gasteiger partial charge is 0.458 e. The number of halogens is 5. The van der Waals surface area contributed by atoms with E-state index in [-0.39, 0.29) is 5.56 Å². The van der Waals surface area contributed by atoms with Crippen LogP contribution in [0, 0.1) is 6.92 Å². The number of thiazole rings is 1. The molecule has 1 N–H and O–H groups in total. The third-order valence-corrected chi connectivity index (χ3v) is 3.50. The molecule has 0 saturated heterocycles. The van der Waals surface area contributed by atoms with E-state index in [1.807, 2.05) is 0 Å². The zero-order chi connectivity index (χ0) is 16.4. The number of nitrogens with zero attached hydrogens (tertiary/aromatic N) is 2. The maximum Gasteiger partial charge on any atom is 0.458 e. The van der Waals surface area contributed by atoms with Gasteiger partial charge in [0.2, 0.25) is 5.13 Å². The molecule has 0 aliphatic heterocycles. The minimum Gasteiger partial charge on any atom is -0.253 e. The molecule has 0 bridgehead atoms. The first-order valence-electron chi connectivity index (χ1n) is 5.97. The molecule has 0 aliphatic rings. The van der Waals surface area contributed by atoms with Crippen molar-refractivity contribution in [3.05, 3.63) is 46.5 Å². The van der Waals surface area contributed by atoms with Crippen LogP contribution in [0.3, 0.4) is 0 Å². The Hall–Kier alpha value is -2.03. The van der Waals surface area contributed by atoms with Gasteiger partial charge in [-0.05, 0) is 6.92 Å². The van der Waals surface area contributed by atoms with Gasteiger partial charge < -0.3 is 0 Å². The summed E-state index contributed by atoms with van der Waals surface area (Å²) in [6.45, 7) is 1.75. The number of alkyl halides is 5. The number of anilines is 1. The van der Waals surface area contributed by atoms with Crippen molar-refractivity contribution >= 4 is 22.7 Å². The first-order valence-corrected chi connectivity index (χ1v) is 6.85. The zero-order valence-electron chi connectivity index (χ0n) is 11.2. The molecule has 0 saturated carbocycles. The summed E-state index contributed by atoms with van der Waals surface area (Å²) in [4.78, 5) is 4.02. The second-order valence-electron chi connectivity index (χ2n) is 4.32. The van der Waals surface area contributed by atoms with E-state index in [1.54, 1.807) is 12.3 Å². The van der Waals surface area contributed by atoms with Crippen molar-refractivity contribution in [1.82, 2.24) is 4.98 Å². The van der Waals surface area contributed by atoms with Gasteiger partial charge in [-0.1, -0.05) is 24.3 Å². The van der Waals surface area contributed by atoms with Gasteiger partial charge in [-0.3, -0.25) is 5.43 Å². The molecule has 0 spiro atoms. The number of aryl methyl sites for hydroxylation is 1. The Balaban J connectivity index is 2.25. The van der Waals surface area contributed by atoms with Crippen LogP contribution < -0.4 is 5.43 Å². The Morgan fingerprint density at radius 3 is 2.45 bits per heavy atom. The van der Waals surface area contributed by atoms with Crippen LogP contribution in [0.2, 0.25) is 0 Å². The van der Waals surface area contributed by atoms with E-state index >= 15 is 0 Å². The smallest absolute Gasteiger partial charge is 0.253 e. The van der Waals surface area contributed by atoms with Crippen LogP contribution in [0.15, 0.2) is 34.7 Å². The summed E-state index contributed by atoms with van der Waals surface area (Å²) >= 11 is 1.23. The highest BCUT2D eigenvalue weighted by Gasteiger charge is 2.59. The first kappa shape index (κ1) is 16.3. The Kier molecular flexibility index (Phi) is 4.45. The molecule has 9 heteroatoms. The molecule has 0 atom stereocenters. The second kappa shape index (κ2) is 5.99. The zero-order valence-corrected chi connectivity index (χ0v) is 12.0. The summed E-state index contributed by atoms with van der Waals surface area (Å²) in [7, 11) is 0. The minimum absolute atomic E-state index is 0.328. The van der Waals surface area contributed by atoms with Gasteiger partial charge >= 0.3 is 12.1 Å². The lowest BCUT2D eigenvalue weighted by Gasteiger charge is -2.21. The summed E-state index contributed by atoms with van der Waals surface area (Å²) in [5, 5.41) is 5.80. The standard InChI is InChI=1S/C13H10F5N3S/c1-8-7-22-11(20-8)21-19-6-9-4-2-3-5-10(9)12(14,15)13(16,17)18/h2-7H,1H3,(H,20,21). The van der Waals surface area contributed by atoms with Crippen molar-refractivity contribution in [3.63, 3.8) is 0 Å². The number of rotatable bonds is 4. The van der Waals surface area contributed by atoms with Crippen LogP contribution in [0.25, 0.3) is 0 Å². The van der Waals surface area contributed by atoms with Crippen molar-refractivity contribution in [3.8, 4) is 0 Å². The van der Waals surface area contributed by atoms with E-state index in [0.29, 0.717) is 5.13 Å². The maximum atomic E-state index is 13.5. The van der Waals surface area contributed by atoms with Crippen molar-refractivity contribution in [2.75, 3.05) is 5.43 Å². The third-order valence-electron chi connectivity index (χ3n) is 2.64. The summed E-state index contributed by atoms with van der Waals surface area (Å²) in [5.74, 6) is -4.95. The van der Waals surface area contributed by atoms with Crippen LogP contribution in [0.1, 0.15) is 16.8 Å². The minimum atomic E-state index is -5.67. The molecule has 0 radical (unpaired) electrons. The molecule has 22 heavy (non-hydrogen) atoms. The molecule has 1 aromatic heterocycles. The number of hydrazone groups is 1. The fraction of sp³-hybridized carbons (Fsp3) is 0.231.